The van der Waals surface area contributed by atoms with Crippen LogP contribution in [0.2, 0.25) is 0 Å². The Morgan fingerprint density at radius 3 is 2.47 bits per heavy atom. The van der Waals surface area contributed by atoms with Crippen molar-refractivity contribution in [2.24, 2.45) is 0 Å². The summed E-state index contributed by atoms with van der Waals surface area (Å²) < 4.78 is 39.4. The largest absolute Gasteiger partial charge is 0.507 e. The molecule has 34 heavy (non-hydrogen) atoms. The van der Waals surface area contributed by atoms with Crippen LogP contribution in [0.25, 0.3) is 5.76 Å². The molecule has 6 nitrogen and oxygen atoms in total. The van der Waals surface area contributed by atoms with Crippen LogP contribution in [0.5, 0.6) is 11.5 Å². The van der Waals surface area contributed by atoms with Gasteiger partial charge in [-0.3, -0.25) is 14.5 Å². The van der Waals surface area contributed by atoms with Gasteiger partial charge >= 0.3 is 0 Å². The zero-order chi connectivity index (χ0) is 24.4. The van der Waals surface area contributed by atoms with Crippen LogP contribution in [0.3, 0.4) is 0 Å². The maximum absolute atomic E-state index is 14.7. The number of nitrogens with zero attached hydrogens (tertiary/aromatic N) is 1. The number of anilines is 1. The van der Waals surface area contributed by atoms with Crippen molar-refractivity contribution in [1.29, 1.82) is 0 Å². The van der Waals surface area contributed by atoms with Gasteiger partial charge in [-0.1, -0.05) is 6.07 Å². The summed E-state index contributed by atoms with van der Waals surface area (Å²) in [5, 5.41) is 13.0. The van der Waals surface area contributed by atoms with Crippen LogP contribution in [0.1, 0.15) is 30.3 Å². The Hall–Kier alpha value is -3.72. The van der Waals surface area contributed by atoms with E-state index in [9.17, 15) is 23.5 Å². The van der Waals surface area contributed by atoms with Crippen molar-refractivity contribution in [3.63, 3.8) is 0 Å². The molecule has 1 amide bonds. The van der Waals surface area contributed by atoms with Gasteiger partial charge in [-0.15, -0.1) is 11.3 Å². The van der Waals surface area contributed by atoms with Gasteiger partial charge in [0.15, 0.2) is 0 Å². The number of amides is 1. The number of ether oxygens (including phenoxy) is 2. The Labute approximate surface area is 198 Å². The van der Waals surface area contributed by atoms with E-state index in [0.717, 1.165) is 17.0 Å². The zero-order valence-electron chi connectivity index (χ0n) is 18.4. The third kappa shape index (κ3) is 4.14. The third-order valence-corrected chi connectivity index (χ3v) is 6.17. The van der Waals surface area contributed by atoms with E-state index in [4.69, 9.17) is 9.47 Å². The standard InChI is InChI=1S/C25H21F2NO5S/c1-3-32-15-8-9-16(19(13-15)33-4-2)23(29)21-22(20-6-5-11-34-20)28(25(31)24(21)30)18-10-7-14(26)12-17(18)27/h5-13,22,29H,3-4H2,1-2H3/b23-21-. The molecule has 1 aliphatic rings. The number of benzene rings is 2. The minimum absolute atomic E-state index is 0.185. The molecule has 1 aliphatic heterocycles. The van der Waals surface area contributed by atoms with Crippen LogP contribution in [-0.4, -0.2) is 30.0 Å². The Balaban J connectivity index is 1.92. The number of Topliss-reactive ketones (excluding diaryl/α,β-unsaturated/α-hetero) is 1. The van der Waals surface area contributed by atoms with E-state index in [1.54, 1.807) is 36.6 Å². The second kappa shape index (κ2) is 9.64. The third-order valence-electron chi connectivity index (χ3n) is 5.25. The first-order valence-electron chi connectivity index (χ1n) is 10.6. The van der Waals surface area contributed by atoms with Crippen molar-refractivity contribution < 1.29 is 33.0 Å². The Morgan fingerprint density at radius 1 is 1.06 bits per heavy atom. The first-order chi connectivity index (χ1) is 16.4. The normalized spacial score (nSPS) is 17.3. The molecule has 0 radical (unpaired) electrons. The number of hydrogen-bond donors (Lipinski definition) is 1. The number of rotatable bonds is 7. The van der Waals surface area contributed by atoms with Gasteiger partial charge in [-0.2, -0.15) is 0 Å². The summed E-state index contributed by atoms with van der Waals surface area (Å²) in [4.78, 5) is 27.7. The van der Waals surface area contributed by atoms with Gasteiger partial charge in [0.05, 0.1) is 30.0 Å². The molecule has 2 aromatic carbocycles. The summed E-state index contributed by atoms with van der Waals surface area (Å²) >= 11 is 1.23. The predicted molar refractivity (Wildman–Crippen MR) is 124 cm³/mol. The molecule has 1 atom stereocenters. The summed E-state index contributed by atoms with van der Waals surface area (Å²) in [5.41, 5.74) is -0.302. The molecular formula is C25H21F2NO5S. The molecule has 1 unspecified atom stereocenters. The molecule has 0 bridgehead atoms. The minimum atomic E-state index is -1.11. The van der Waals surface area contributed by atoms with Gasteiger partial charge in [0, 0.05) is 17.0 Å². The number of aliphatic hydroxyl groups excluding tert-OH is 1. The van der Waals surface area contributed by atoms with Crippen molar-refractivity contribution in [3.8, 4) is 11.5 Å². The topological polar surface area (TPSA) is 76.1 Å². The lowest BCUT2D eigenvalue weighted by atomic mass is 9.99. The lowest BCUT2D eigenvalue weighted by Crippen LogP contribution is -2.30. The number of carbonyl (C=O) groups is 2. The average Bonchev–Trinajstić information content (AvgIpc) is 3.42. The summed E-state index contributed by atoms with van der Waals surface area (Å²) in [7, 11) is 0. The van der Waals surface area contributed by atoms with E-state index < -0.39 is 35.1 Å². The number of aliphatic hydroxyl groups is 1. The molecule has 0 aliphatic carbocycles. The van der Waals surface area contributed by atoms with Gasteiger partial charge in [0.2, 0.25) is 0 Å². The van der Waals surface area contributed by atoms with Crippen molar-refractivity contribution in [1.82, 2.24) is 0 Å². The number of halogens is 2. The molecular weight excluding hydrogens is 464 g/mol. The first-order valence-corrected chi connectivity index (χ1v) is 11.4. The van der Waals surface area contributed by atoms with Crippen molar-refractivity contribution >= 4 is 34.5 Å². The van der Waals surface area contributed by atoms with E-state index in [1.165, 1.54) is 17.4 Å². The number of hydrogen-bond acceptors (Lipinski definition) is 6. The highest BCUT2D eigenvalue weighted by atomic mass is 32.1. The van der Waals surface area contributed by atoms with Crippen LogP contribution < -0.4 is 14.4 Å². The van der Waals surface area contributed by atoms with Gasteiger partial charge in [0.25, 0.3) is 11.7 Å². The average molecular weight is 486 g/mol. The van der Waals surface area contributed by atoms with Crippen LogP contribution in [0.15, 0.2) is 59.5 Å². The zero-order valence-corrected chi connectivity index (χ0v) is 19.2. The van der Waals surface area contributed by atoms with E-state index >= 15 is 0 Å². The fourth-order valence-electron chi connectivity index (χ4n) is 3.85. The SMILES string of the molecule is CCOc1ccc(/C(O)=C2/C(=O)C(=O)N(c3ccc(F)cc3F)C2c2cccs2)c(OCC)c1. The Morgan fingerprint density at radius 2 is 1.82 bits per heavy atom. The highest BCUT2D eigenvalue weighted by Crippen LogP contribution is 2.45. The lowest BCUT2D eigenvalue weighted by molar-refractivity contribution is -0.132. The summed E-state index contributed by atoms with van der Waals surface area (Å²) in [5.74, 6) is -3.54. The van der Waals surface area contributed by atoms with E-state index in [2.05, 4.69) is 0 Å². The van der Waals surface area contributed by atoms with Crippen LogP contribution in [0.4, 0.5) is 14.5 Å². The molecule has 176 valence electrons. The van der Waals surface area contributed by atoms with Crippen LogP contribution in [0, 0.1) is 11.6 Å². The highest BCUT2D eigenvalue weighted by Gasteiger charge is 2.48. The Kier molecular flexibility index (Phi) is 6.65. The molecule has 1 fully saturated rings. The maximum atomic E-state index is 14.7. The number of ketones is 1. The lowest BCUT2D eigenvalue weighted by Gasteiger charge is -2.24. The summed E-state index contributed by atoms with van der Waals surface area (Å²) in [6.45, 7) is 4.29. The molecule has 1 saturated heterocycles. The van der Waals surface area contributed by atoms with Crippen molar-refractivity contribution in [2.45, 2.75) is 19.9 Å². The fourth-order valence-corrected chi connectivity index (χ4v) is 4.67. The second-order valence-electron chi connectivity index (χ2n) is 7.30. The van der Waals surface area contributed by atoms with Gasteiger partial charge in [-0.25, -0.2) is 8.78 Å². The van der Waals surface area contributed by atoms with Crippen LogP contribution >= 0.6 is 11.3 Å². The molecule has 2 heterocycles. The maximum Gasteiger partial charge on any atom is 0.300 e. The van der Waals surface area contributed by atoms with Gasteiger partial charge in [-0.05, 0) is 49.6 Å². The highest BCUT2D eigenvalue weighted by molar-refractivity contribution is 7.10. The fraction of sp³-hybridized carbons (Fsp3) is 0.200. The van der Waals surface area contributed by atoms with Gasteiger partial charge in [0.1, 0.15) is 34.9 Å². The molecule has 3 aromatic rings. The number of thiophene rings is 1. The van der Waals surface area contributed by atoms with E-state index in [0.29, 0.717) is 23.3 Å². The number of carbonyl (C=O) groups excluding carboxylic acids is 2. The molecule has 1 N–H and O–H groups in total. The monoisotopic (exact) mass is 485 g/mol. The molecule has 4 rings (SSSR count). The quantitative estimate of drug-likeness (QED) is 0.274. The first kappa shape index (κ1) is 23.4. The molecule has 9 heteroatoms. The van der Waals surface area contributed by atoms with Crippen LogP contribution in [-0.2, 0) is 9.59 Å². The van der Waals surface area contributed by atoms with Crippen molar-refractivity contribution in [2.75, 3.05) is 18.1 Å². The predicted octanol–water partition coefficient (Wildman–Crippen LogP) is 5.45. The molecule has 1 aromatic heterocycles. The molecule has 0 spiro atoms. The molecule has 0 saturated carbocycles. The van der Waals surface area contributed by atoms with Gasteiger partial charge < -0.3 is 14.6 Å². The summed E-state index contributed by atoms with van der Waals surface area (Å²) in [6, 6.07) is 9.73. The Bertz CT molecular complexity index is 1270. The van der Waals surface area contributed by atoms with E-state index in [1.807, 2.05) is 6.92 Å². The van der Waals surface area contributed by atoms with E-state index in [-0.39, 0.29) is 29.2 Å². The summed E-state index contributed by atoms with van der Waals surface area (Å²) in [6.07, 6.45) is 0. The smallest absolute Gasteiger partial charge is 0.300 e. The van der Waals surface area contributed by atoms with Crippen molar-refractivity contribution in [3.05, 3.63) is 81.6 Å². The minimum Gasteiger partial charge on any atom is -0.507 e. The second-order valence-corrected chi connectivity index (χ2v) is 8.28.